The van der Waals surface area contributed by atoms with Crippen LogP contribution >= 0.6 is 0 Å². The molecule has 0 radical (unpaired) electrons. The minimum absolute atomic E-state index is 0.174. The van der Waals surface area contributed by atoms with Crippen LogP contribution in [0.5, 0.6) is 5.75 Å². The minimum atomic E-state index is -4.71. The number of ether oxygens (including phenoxy) is 1. The minimum Gasteiger partial charge on any atom is -0.406 e. The Balaban J connectivity index is 2.06. The molecule has 23 heavy (non-hydrogen) atoms. The summed E-state index contributed by atoms with van der Waals surface area (Å²) in [6, 6.07) is 12.9. The molecule has 1 aromatic heterocycles. The monoisotopic (exact) mass is 319 g/mol. The van der Waals surface area contributed by atoms with E-state index in [1.165, 1.54) is 24.3 Å². The summed E-state index contributed by atoms with van der Waals surface area (Å²) in [5.41, 5.74) is 7.62. The quantitative estimate of drug-likeness (QED) is 0.800. The lowest BCUT2D eigenvalue weighted by Crippen LogP contribution is -2.16. The lowest BCUT2D eigenvalue weighted by molar-refractivity contribution is -0.274. The van der Waals surface area contributed by atoms with Gasteiger partial charge in [0.15, 0.2) is 0 Å². The molecule has 7 heteroatoms. The summed E-state index contributed by atoms with van der Waals surface area (Å²) in [5, 5.41) is 0.800. The van der Waals surface area contributed by atoms with Crippen molar-refractivity contribution in [1.29, 1.82) is 0 Å². The highest BCUT2D eigenvalue weighted by Gasteiger charge is 2.31. The predicted molar refractivity (Wildman–Crippen MR) is 79.5 cm³/mol. The molecule has 0 aliphatic rings. The molecule has 0 bridgehead atoms. The molecule has 118 valence electrons. The standard InChI is InChI=1S/C16H12F3N3O/c17-16(18,19)23-11-7-5-10(6-8-11)15-12-3-1-2-4-13(12)21-14(9-20)22-15/h1-8H,9,20H2. The van der Waals surface area contributed by atoms with Crippen molar-refractivity contribution in [1.82, 2.24) is 9.97 Å². The second-order valence-electron chi connectivity index (χ2n) is 4.78. The Morgan fingerprint density at radius 2 is 1.65 bits per heavy atom. The summed E-state index contributed by atoms with van der Waals surface area (Å²) in [6.45, 7) is 0.174. The van der Waals surface area contributed by atoms with Gasteiger partial charge in [0.2, 0.25) is 0 Å². The Morgan fingerprint density at radius 3 is 2.30 bits per heavy atom. The molecule has 0 saturated carbocycles. The number of rotatable bonds is 3. The van der Waals surface area contributed by atoms with Gasteiger partial charge in [0.05, 0.1) is 17.8 Å². The number of halogens is 3. The van der Waals surface area contributed by atoms with Crippen molar-refractivity contribution >= 4 is 10.9 Å². The van der Waals surface area contributed by atoms with E-state index in [1.807, 2.05) is 24.3 Å². The van der Waals surface area contributed by atoms with Crippen molar-refractivity contribution in [2.24, 2.45) is 5.73 Å². The van der Waals surface area contributed by atoms with Gasteiger partial charge < -0.3 is 10.5 Å². The van der Waals surface area contributed by atoms with E-state index in [0.29, 0.717) is 17.1 Å². The van der Waals surface area contributed by atoms with Crippen molar-refractivity contribution in [3.63, 3.8) is 0 Å². The Morgan fingerprint density at radius 1 is 0.957 bits per heavy atom. The highest BCUT2D eigenvalue weighted by Crippen LogP contribution is 2.29. The summed E-state index contributed by atoms with van der Waals surface area (Å²) in [6.07, 6.45) is -4.71. The lowest BCUT2D eigenvalue weighted by Gasteiger charge is -2.11. The van der Waals surface area contributed by atoms with Crippen LogP contribution < -0.4 is 10.5 Å². The molecule has 0 aliphatic carbocycles. The molecule has 0 atom stereocenters. The first-order chi connectivity index (χ1) is 11.0. The Kier molecular flexibility index (Phi) is 3.87. The fourth-order valence-corrected chi connectivity index (χ4v) is 2.25. The normalized spacial score (nSPS) is 11.7. The summed E-state index contributed by atoms with van der Waals surface area (Å²) in [7, 11) is 0. The number of hydrogen-bond donors (Lipinski definition) is 1. The van der Waals surface area contributed by atoms with Crippen LogP contribution in [-0.4, -0.2) is 16.3 Å². The van der Waals surface area contributed by atoms with Gasteiger partial charge in [0, 0.05) is 10.9 Å². The van der Waals surface area contributed by atoms with Gasteiger partial charge in [-0.15, -0.1) is 13.2 Å². The molecule has 2 aromatic carbocycles. The van der Waals surface area contributed by atoms with Crippen LogP contribution in [0.25, 0.3) is 22.2 Å². The maximum absolute atomic E-state index is 12.2. The third-order valence-electron chi connectivity index (χ3n) is 3.19. The Bertz CT molecular complexity index is 832. The van der Waals surface area contributed by atoms with E-state index in [2.05, 4.69) is 14.7 Å². The van der Waals surface area contributed by atoms with E-state index in [-0.39, 0.29) is 12.3 Å². The Labute approximate surface area is 129 Å². The van der Waals surface area contributed by atoms with E-state index in [1.54, 1.807) is 0 Å². The third kappa shape index (κ3) is 3.40. The fraction of sp³-hybridized carbons (Fsp3) is 0.125. The van der Waals surface area contributed by atoms with E-state index in [0.717, 1.165) is 10.9 Å². The smallest absolute Gasteiger partial charge is 0.406 e. The molecule has 3 aromatic rings. The molecule has 3 rings (SSSR count). The number of alkyl halides is 3. The van der Waals surface area contributed by atoms with Crippen molar-refractivity contribution < 1.29 is 17.9 Å². The van der Waals surface area contributed by atoms with Crippen molar-refractivity contribution in [2.75, 3.05) is 0 Å². The second kappa shape index (κ2) is 5.85. The zero-order chi connectivity index (χ0) is 16.4. The van der Waals surface area contributed by atoms with E-state index in [4.69, 9.17) is 5.73 Å². The number of nitrogens with zero attached hydrogens (tertiary/aromatic N) is 2. The van der Waals surface area contributed by atoms with Gasteiger partial charge in [0.25, 0.3) is 0 Å². The number of nitrogens with two attached hydrogens (primary N) is 1. The van der Waals surface area contributed by atoms with Crippen LogP contribution in [0.4, 0.5) is 13.2 Å². The highest BCUT2D eigenvalue weighted by molar-refractivity contribution is 5.92. The Hall–Kier alpha value is -2.67. The van der Waals surface area contributed by atoms with Crippen molar-refractivity contribution in [2.45, 2.75) is 12.9 Å². The molecule has 4 nitrogen and oxygen atoms in total. The number of benzene rings is 2. The second-order valence-corrected chi connectivity index (χ2v) is 4.78. The van der Waals surface area contributed by atoms with E-state index < -0.39 is 6.36 Å². The molecule has 1 heterocycles. The van der Waals surface area contributed by atoms with Gasteiger partial charge in [-0.2, -0.15) is 0 Å². The molecule has 0 aliphatic heterocycles. The van der Waals surface area contributed by atoms with Crippen LogP contribution in [0.2, 0.25) is 0 Å². The molecule has 0 fully saturated rings. The summed E-state index contributed by atoms with van der Waals surface area (Å²) in [5.74, 6) is 0.188. The maximum atomic E-state index is 12.2. The average Bonchev–Trinajstić information content (AvgIpc) is 2.53. The van der Waals surface area contributed by atoms with Gasteiger partial charge in [-0.3, -0.25) is 0 Å². The maximum Gasteiger partial charge on any atom is 0.573 e. The van der Waals surface area contributed by atoms with E-state index in [9.17, 15) is 13.2 Å². The van der Waals surface area contributed by atoms with Gasteiger partial charge in [0.1, 0.15) is 11.6 Å². The third-order valence-corrected chi connectivity index (χ3v) is 3.19. The number of fused-ring (bicyclic) bond motifs is 1. The predicted octanol–water partition coefficient (Wildman–Crippen LogP) is 3.65. The van der Waals surface area contributed by atoms with Crippen LogP contribution in [-0.2, 0) is 6.54 Å². The number of para-hydroxylation sites is 1. The number of aromatic nitrogens is 2. The largest absolute Gasteiger partial charge is 0.573 e. The van der Waals surface area contributed by atoms with Gasteiger partial charge in [-0.05, 0) is 30.3 Å². The molecule has 0 saturated heterocycles. The van der Waals surface area contributed by atoms with Crippen LogP contribution in [0.15, 0.2) is 48.5 Å². The number of hydrogen-bond acceptors (Lipinski definition) is 4. The van der Waals surface area contributed by atoms with E-state index >= 15 is 0 Å². The summed E-state index contributed by atoms with van der Waals surface area (Å²) >= 11 is 0. The van der Waals surface area contributed by atoms with Crippen molar-refractivity contribution in [3.8, 4) is 17.0 Å². The molecule has 2 N–H and O–H groups in total. The first-order valence-electron chi connectivity index (χ1n) is 6.78. The zero-order valence-corrected chi connectivity index (χ0v) is 11.8. The molecule has 0 spiro atoms. The highest BCUT2D eigenvalue weighted by atomic mass is 19.4. The molecule has 0 amide bonds. The topological polar surface area (TPSA) is 61.0 Å². The lowest BCUT2D eigenvalue weighted by atomic mass is 10.1. The van der Waals surface area contributed by atoms with Gasteiger partial charge in [-0.1, -0.05) is 18.2 Å². The van der Waals surface area contributed by atoms with Gasteiger partial charge in [-0.25, -0.2) is 9.97 Å². The first kappa shape index (κ1) is 15.2. The van der Waals surface area contributed by atoms with Crippen molar-refractivity contribution in [3.05, 3.63) is 54.4 Å². The SMILES string of the molecule is NCc1nc(-c2ccc(OC(F)(F)F)cc2)c2ccccc2n1. The summed E-state index contributed by atoms with van der Waals surface area (Å²) < 4.78 is 40.5. The first-order valence-corrected chi connectivity index (χ1v) is 6.78. The van der Waals surface area contributed by atoms with Crippen LogP contribution in [0.3, 0.4) is 0 Å². The summed E-state index contributed by atoms with van der Waals surface area (Å²) in [4.78, 5) is 8.73. The molecular weight excluding hydrogens is 307 g/mol. The van der Waals surface area contributed by atoms with Crippen LogP contribution in [0.1, 0.15) is 5.82 Å². The average molecular weight is 319 g/mol. The molecular formula is C16H12F3N3O. The molecule has 0 unspecified atom stereocenters. The fourth-order valence-electron chi connectivity index (χ4n) is 2.25. The van der Waals surface area contributed by atoms with Gasteiger partial charge >= 0.3 is 6.36 Å². The zero-order valence-electron chi connectivity index (χ0n) is 11.8. The van der Waals surface area contributed by atoms with Crippen LogP contribution in [0, 0.1) is 0 Å².